The predicted molar refractivity (Wildman–Crippen MR) is 168 cm³/mol. The summed E-state index contributed by atoms with van der Waals surface area (Å²) in [7, 11) is 0. The smallest absolute Gasteiger partial charge is 0.0193 e. The van der Waals surface area contributed by atoms with Crippen LogP contribution >= 0.6 is 18.0 Å². The molecule has 1 unspecified atom stereocenters. The van der Waals surface area contributed by atoms with Gasteiger partial charge in [-0.25, -0.2) is 0 Å². The first-order valence-electron chi connectivity index (χ1n) is 13.7. The first-order chi connectivity index (χ1) is 19.8. The fourth-order valence-corrected chi connectivity index (χ4v) is 7.64. The van der Waals surface area contributed by atoms with Crippen LogP contribution in [0.15, 0.2) is 59.5 Å². The summed E-state index contributed by atoms with van der Waals surface area (Å²) >= 11 is 4.72. The van der Waals surface area contributed by atoms with Crippen molar-refractivity contribution in [3.63, 3.8) is 0 Å². The van der Waals surface area contributed by atoms with Gasteiger partial charge in [-0.1, -0.05) is 0 Å². The molecule has 2 aromatic carbocycles. The molecule has 1 aromatic heterocycles. The van der Waals surface area contributed by atoms with Crippen molar-refractivity contribution in [1.82, 2.24) is 9.65 Å². The SMILES string of the molecule is CCOc1ccc(-c2cc(C)c(CCCCCCNP(N)(Cl)(OC(C)=O)OC(C)=O)n2-c2ccc([S+](N)[O-])cc2)cc1. The second kappa shape index (κ2) is 14.7. The molecule has 3 aromatic rings. The number of nitrogens with zero attached hydrogens (tertiary/aromatic N) is 1. The number of nitrogens with two attached hydrogens (primary N) is 2. The number of benzene rings is 2. The van der Waals surface area contributed by atoms with Crippen molar-refractivity contribution in [2.45, 2.75) is 64.7 Å². The molecule has 0 aliphatic heterocycles. The third kappa shape index (κ3) is 9.44. The third-order valence-electron chi connectivity index (χ3n) is 6.44. The van der Waals surface area contributed by atoms with Crippen molar-refractivity contribution in [3.05, 3.63) is 65.9 Å². The van der Waals surface area contributed by atoms with Crippen LogP contribution in [0.2, 0.25) is 0 Å². The minimum Gasteiger partial charge on any atom is -0.0193 e. The van der Waals surface area contributed by atoms with Gasteiger partial charge in [0.25, 0.3) is 0 Å². The molecule has 0 radical (unpaired) electrons. The molecule has 230 valence electrons. The molecule has 0 spiro atoms. The Morgan fingerprint density at radius 2 is 1.60 bits per heavy atom. The van der Waals surface area contributed by atoms with E-state index in [1.807, 2.05) is 43.3 Å². The first kappa shape index (κ1) is 33.9. The number of unbranched alkanes of at least 4 members (excludes halogenated alkanes) is 3. The van der Waals surface area contributed by atoms with Crippen LogP contribution in [0.25, 0.3) is 16.9 Å². The van der Waals surface area contributed by atoms with Gasteiger partial charge in [0.15, 0.2) is 4.90 Å². The summed E-state index contributed by atoms with van der Waals surface area (Å²) in [6, 6.07) is 17.6. The molecule has 0 fully saturated rings. The molecule has 0 saturated heterocycles. The molecule has 1 atom stereocenters. The van der Waals surface area contributed by atoms with Gasteiger partial charge >= 0.3 is 194 Å². The van der Waals surface area contributed by atoms with Crippen LogP contribution in [0.1, 0.15) is 57.7 Å². The van der Waals surface area contributed by atoms with Gasteiger partial charge in [-0.3, -0.25) is 0 Å². The summed E-state index contributed by atoms with van der Waals surface area (Å²) in [5.74, 6) is -0.670. The zero-order valence-corrected chi connectivity index (χ0v) is 26.9. The van der Waals surface area contributed by atoms with Gasteiger partial charge in [0.1, 0.15) is 5.75 Å². The van der Waals surface area contributed by atoms with Crippen LogP contribution < -0.4 is 20.5 Å². The molecule has 0 aliphatic carbocycles. The fourth-order valence-electron chi connectivity index (χ4n) is 4.72. The number of ether oxygens (including phenoxy) is 1. The van der Waals surface area contributed by atoms with Crippen molar-refractivity contribution in [1.29, 1.82) is 0 Å². The molecule has 13 heteroatoms. The van der Waals surface area contributed by atoms with Crippen LogP contribution in [-0.4, -0.2) is 34.2 Å². The zero-order valence-electron chi connectivity index (χ0n) is 24.4. The Balaban J connectivity index is 1.72. The zero-order chi connectivity index (χ0) is 30.9. The van der Waals surface area contributed by atoms with Crippen LogP contribution in [0.4, 0.5) is 0 Å². The molecule has 5 N–H and O–H groups in total. The molecule has 1 heterocycles. The number of nitrogens with one attached hydrogen (secondary N) is 1. The number of carbonyl (C=O) groups excluding carboxylic acids is 2. The summed E-state index contributed by atoms with van der Waals surface area (Å²) in [4.78, 5) is 23.5. The van der Waals surface area contributed by atoms with E-state index in [1.54, 1.807) is 12.1 Å². The number of rotatable bonds is 15. The van der Waals surface area contributed by atoms with E-state index in [9.17, 15) is 14.1 Å². The van der Waals surface area contributed by atoms with Crippen molar-refractivity contribution < 1.29 is 27.9 Å². The maximum atomic E-state index is 11.8. The summed E-state index contributed by atoms with van der Waals surface area (Å²) in [6.07, 6.45) is 4.19. The minimum absolute atomic E-state index is 0.310. The van der Waals surface area contributed by atoms with Crippen LogP contribution in [0.5, 0.6) is 5.75 Å². The Hall–Kier alpha value is -2.63. The fraction of sp³-hybridized carbons (Fsp3) is 0.379. The molecule has 0 amide bonds. The minimum atomic E-state index is -4.60. The Bertz CT molecular complexity index is 1350. The van der Waals surface area contributed by atoms with E-state index in [2.05, 4.69) is 22.6 Å². The topological polar surface area (TPSA) is 154 Å². The van der Waals surface area contributed by atoms with Crippen LogP contribution in [0.3, 0.4) is 0 Å². The summed E-state index contributed by atoms with van der Waals surface area (Å²) in [5.41, 5.74) is 11.4. The average molecular weight is 639 g/mol. The molecule has 3 rings (SSSR count). The molecule has 0 bridgehead atoms. The van der Waals surface area contributed by atoms with Gasteiger partial charge in [0, 0.05) is 0 Å². The van der Waals surface area contributed by atoms with Gasteiger partial charge in [-0.15, -0.1) is 5.14 Å². The molecule has 42 heavy (non-hydrogen) atoms. The number of aryl methyl sites for hydroxylation is 1. The number of hydrogen-bond acceptors (Lipinski definition) is 9. The average Bonchev–Trinajstić information content (AvgIpc) is 3.23. The van der Waals surface area contributed by atoms with Gasteiger partial charge < -0.3 is 9.29 Å². The summed E-state index contributed by atoms with van der Waals surface area (Å²) < 4.78 is 29.6. The monoisotopic (exact) mass is 638 g/mol. The van der Waals surface area contributed by atoms with E-state index in [4.69, 9.17) is 35.7 Å². The molecular weight excluding hydrogens is 599 g/mol. The van der Waals surface area contributed by atoms with E-state index < -0.39 is 30.0 Å². The molecular formula is C29H40ClN4O6PS. The van der Waals surface area contributed by atoms with Crippen molar-refractivity contribution >= 4 is 41.3 Å². The van der Waals surface area contributed by atoms with Crippen molar-refractivity contribution in [2.75, 3.05) is 13.2 Å². The number of carbonyl (C=O) groups is 2. The molecule has 0 aliphatic rings. The van der Waals surface area contributed by atoms with Crippen molar-refractivity contribution in [3.8, 4) is 22.7 Å². The predicted octanol–water partition coefficient (Wildman–Crippen LogP) is 5.98. The van der Waals surface area contributed by atoms with E-state index in [0.29, 0.717) is 24.5 Å². The van der Waals surface area contributed by atoms with Gasteiger partial charge in [0.2, 0.25) is 0 Å². The first-order valence-corrected chi connectivity index (χ1v) is 18.0. The normalized spacial score (nSPS) is 13.2. The second-order valence-electron chi connectivity index (χ2n) is 9.90. The Morgan fingerprint density at radius 1 is 1.00 bits per heavy atom. The third-order valence-corrected chi connectivity index (χ3v) is 9.93. The standard InChI is InChI=1S/C29H40ClN4O6PS/c1-5-38-26-15-11-24(12-16-26)29-20-21(2)28(34(29)25-13-17-27(18-14-25)42(32)37)10-8-6-7-9-19-33-41(30,31,39-22(3)35)40-23(4)36/h11-18,20,33H,5-10,19,31-32H2,1-4H3. The molecule has 10 nitrogen and oxygen atoms in total. The van der Waals surface area contributed by atoms with E-state index in [1.165, 1.54) is 5.69 Å². The Labute approximate surface area is 255 Å². The van der Waals surface area contributed by atoms with Crippen LogP contribution in [-0.2, 0) is 36.4 Å². The van der Waals surface area contributed by atoms with Gasteiger partial charge in [0.05, 0.1) is 18.0 Å². The van der Waals surface area contributed by atoms with Crippen molar-refractivity contribution in [2.24, 2.45) is 10.6 Å². The number of hydrogen-bond donors (Lipinski definition) is 3. The summed E-state index contributed by atoms with van der Waals surface area (Å²) in [5, 5.41) is 8.35. The Kier molecular flexibility index (Phi) is 11.9. The number of halogens is 1. The molecule has 0 saturated carbocycles. The summed E-state index contributed by atoms with van der Waals surface area (Å²) in [6.45, 7) is 2.67. The maximum absolute atomic E-state index is 11.8. The second-order valence-corrected chi connectivity index (χ2v) is 15.4. The quantitative estimate of drug-likeness (QED) is 0.104. The Morgan fingerprint density at radius 3 is 2.14 bits per heavy atom. The van der Waals surface area contributed by atoms with Gasteiger partial charge in [-0.05, 0) is 19.1 Å². The van der Waals surface area contributed by atoms with Crippen LogP contribution in [0, 0.1) is 6.92 Å². The van der Waals surface area contributed by atoms with E-state index >= 15 is 0 Å². The van der Waals surface area contributed by atoms with E-state index in [-0.39, 0.29) is 0 Å². The van der Waals surface area contributed by atoms with E-state index in [0.717, 1.165) is 67.8 Å². The number of aromatic nitrogens is 1. The van der Waals surface area contributed by atoms with Gasteiger partial charge in [-0.2, -0.15) is 0 Å².